The molecular formula is C10H11NS. The average Bonchev–Trinajstić information content (AvgIpc) is 2.14. The molecule has 1 aromatic rings. The number of rotatable bonds is 4. The summed E-state index contributed by atoms with van der Waals surface area (Å²) in [6.45, 7) is 0. The van der Waals surface area contributed by atoms with E-state index in [-0.39, 0.29) is 0 Å². The van der Waals surface area contributed by atoms with Crippen LogP contribution in [0.5, 0.6) is 0 Å². The summed E-state index contributed by atoms with van der Waals surface area (Å²) < 4.78 is 0. The van der Waals surface area contributed by atoms with E-state index in [1.165, 1.54) is 5.56 Å². The fourth-order valence-electron chi connectivity index (χ4n) is 0.882. The first-order valence-electron chi connectivity index (χ1n) is 3.92. The first-order chi connectivity index (χ1) is 5.93. The molecular weight excluding hydrogens is 166 g/mol. The summed E-state index contributed by atoms with van der Waals surface area (Å²) in [6, 6.07) is 12.5. The first kappa shape index (κ1) is 9.15. The van der Waals surface area contributed by atoms with Crippen LogP contribution in [0.1, 0.15) is 12.0 Å². The topological polar surface area (TPSA) is 23.8 Å². The maximum Gasteiger partial charge on any atom is 0.0630 e. The molecule has 0 aliphatic rings. The van der Waals surface area contributed by atoms with Crippen LogP contribution in [-0.4, -0.2) is 5.75 Å². The molecule has 0 saturated carbocycles. The molecule has 0 radical (unpaired) electrons. The van der Waals surface area contributed by atoms with Crippen molar-refractivity contribution >= 4 is 11.8 Å². The Bertz CT molecular complexity index is 250. The van der Waals surface area contributed by atoms with Crippen LogP contribution in [0.2, 0.25) is 0 Å². The zero-order valence-electron chi connectivity index (χ0n) is 6.86. The molecule has 1 nitrogen and oxygen atoms in total. The third kappa shape index (κ3) is 3.45. The molecule has 1 aromatic carbocycles. The first-order valence-corrected chi connectivity index (χ1v) is 5.07. The number of nitrogens with zero attached hydrogens (tertiary/aromatic N) is 1. The third-order valence-corrected chi connectivity index (χ3v) is 2.50. The van der Waals surface area contributed by atoms with Crippen LogP contribution in [0, 0.1) is 11.3 Å². The molecule has 0 bridgehead atoms. The minimum Gasteiger partial charge on any atom is -0.198 e. The lowest BCUT2D eigenvalue weighted by atomic mass is 10.2. The van der Waals surface area contributed by atoms with Gasteiger partial charge in [0.05, 0.1) is 6.07 Å². The predicted molar refractivity (Wildman–Crippen MR) is 52.8 cm³/mol. The van der Waals surface area contributed by atoms with Crippen molar-refractivity contribution in [2.24, 2.45) is 0 Å². The fraction of sp³-hybridized carbons (Fsp3) is 0.300. The van der Waals surface area contributed by atoms with Crippen molar-refractivity contribution in [3.05, 3.63) is 35.9 Å². The van der Waals surface area contributed by atoms with Gasteiger partial charge in [-0.15, -0.1) is 0 Å². The van der Waals surface area contributed by atoms with Gasteiger partial charge < -0.3 is 0 Å². The highest BCUT2D eigenvalue weighted by molar-refractivity contribution is 7.98. The Labute approximate surface area is 77.4 Å². The summed E-state index contributed by atoms with van der Waals surface area (Å²) >= 11 is 1.81. The molecule has 12 heavy (non-hydrogen) atoms. The van der Waals surface area contributed by atoms with Crippen molar-refractivity contribution in [1.82, 2.24) is 0 Å². The highest BCUT2D eigenvalue weighted by atomic mass is 32.2. The van der Waals surface area contributed by atoms with E-state index in [1.807, 2.05) is 30.0 Å². The Morgan fingerprint density at radius 3 is 2.67 bits per heavy atom. The SMILES string of the molecule is N#CCCSCc1ccccc1. The summed E-state index contributed by atoms with van der Waals surface area (Å²) in [5.41, 5.74) is 1.33. The Morgan fingerprint density at radius 1 is 1.25 bits per heavy atom. The van der Waals surface area contributed by atoms with E-state index in [9.17, 15) is 0 Å². The maximum absolute atomic E-state index is 8.30. The number of nitriles is 1. The standard InChI is InChI=1S/C10H11NS/c11-7-4-8-12-9-10-5-2-1-3-6-10/h1-3,5-6H,4,8-9H2. The van der Waals surface area contributed by atoms with Crippen molar-refractivity contribution in [2.75, 3.05) is 5.75 Å². The van der Waals surface area contributed by atoms with Gasteiger partial charge in [0.1, 0.15) is 0 Å². The van der Waals surface area contributed by atoms with Crippen molar-refractivity contribution in [2.45, 2.75) is 12.2 Å². The number of benzene rings is 1. The van der Waals surface area contributed by atoms with Crippen LogP contribution in [-0.2, 0) is 5.75 Å². The van der Waals surface area contributed by atoms with E-state index in [0.29, 0.717) is 6.42 Å². The molecule has 0 amide bonds. The molecule has 0 aromatic heterocycles. The van der Waals surface area contributed by atoms with E-state index in [4.69, 9.17) is 5.26 Å². The highest BCUT2D eigenvalue weighted by Crippen LogP contribution is 2.11. The van der Waals surface area contributed by atoms with E-state index in [0.717, 1.165) is 11.5 Å². The maximum atomic E-state index is 8.30. The fourth-order valence-corrected chi connectivity index (χ4v) is 1.69. The van der Waals surface area contributed by atoms with Crippen LogP contribution in [0.4, 0.5) is 0 Å². The Balaban J connectivity index is 2.21. The smallest absolute Gasteiger partial charge is 0.0630 e. The van der Waals surface area contributed by atoms with Gasteiger partial charge in [0.25, 0.3) is 0 Å². The summed E-state index contributed by atoms with van der Waals surface area (Å²) in [7, 11) is 0. The molecule has 0 fully saturated rings. The monoisotopic (exact) mass is 177 g/mol. The molecule has 0 unspecified atom stereocenters. The van der Waals surface area contributed by atoms with Gasteiger partial charge in [-0.3, -0.25) is 0 Å². The lowest BCUT2D eigenvalue weighted by Crippen LogP contribution is -1.81. The van der Waals surface area contributed by atoms with Crippen LogP contribution in [0.3, 0.4) is 0 Å². The minimum atomic E-state index is 0.650. The van der Waals surface area contributed by atoms with E-state index < -0.39 is 0 Å². The van der Waals surface area contributed by atoms with Crippen LogP contribution < -0.4 is 0 Å². The molecule has 62 valence electrons. The summed E-state index contributed by atoms with van der Waals surface area (Å²) in [6.07, 6.45) is 0.650. The van der Waals surface area contributed by atoms with Gasteiger partial charge in [0.2, 0.25) is 0 Å². The van der Waals surface area contributed by atoms with Crippen molar-refractivity contribution < 1.29 is 0 Å². The molecule has 0 aliphatic carbocycles. The van der Waals surface area contributed by atoms with Gasteiger partial charge in [-0.1, -0.05) is 30.3 Å². The van der Waals surface area contributed by atoms with Gasteiger partial charge in [0.15, 0.2) is 0 Å². The van der Waals surface area contributed by atoms with E-state index in [1.54, 1.807) is 0 Å². The number of hydrogen-bond acceptors (Lipinski definition) is 2. The summed E-state index contributed by atoms with van der Waals surface area (Å²) in [5.74, 6) is 1.95. The summed E-state index contributed by atoms with van der Waals surface area (Å²) in [5, 5.41) is 8.30. The molecule has 0 saturated heterocycles. The van der Waals surface area contributed by atoms with E-state index in [2.05, 4.69) is 18.2 Å². The normalized spacial score (nSPS) is 9.25. The highest BCUT2D eigenvalue weighted by Gasteiger charge is 1.90. The molecule has 0 spiro atoms. The zero-order valence-corrected chi connectivity index (χ0v) is 7.68. The van der Waals surface area contributed by atoms with Gasteiger partial charge in [-0.05, 0) is 5.56 Å². The van der Waals surface area contributed by atoms with Gasteiger partial charge in [-0.2, -0.15) is 17.0 Å². The summed E-state index contributed by atoms with van der Waals surface area (Å²) in [4.78, 5) is 0. The molecule has 2 heteroatoms. The molecule has 0 N–H and O–H groups in total. The number of hydrogen-bond donors (Lipinski definition) is 0. The lowest BCUT2D eigenvalue weighted by Gasteiger charge is -1.97. The van der Waals surface area contributed by atoms with Crippen LogP contribution in [0.15, 0.2) is 30.3 Å². The van der Waals surface area contributed by atoms with Gasteiger partial charge in [0, 0.05) is 17.9 Å². The average molecular weight is 177 g/mol. The lowest BCUT2D eigenvalue weighted by molar-refractivity contribution is 1.23. The largest absolute Gasteiger partial charge is 0.198 e. The zero-order chi connectivity index (χ0) is 8.65. The number of thioether (sulfide) groups is 1. The molecule has 0 atom stereocenters. The quantitative estimate of drug-likeness (QED) is 0.660. The molecule has 0 aliphatic heterocycles. The van der Waals surface area contributed by atoms with Gasteiger partial charge >= 0.3 is 0 Å². The molecule has 1 rings (SSSR count). The molecule has 0 heterocycles. The van der Waals surface area contributed by atoms with Crippen molar-refractivity contribution in [3.63, 3.8) is 0 Å². The third-order valence-electron chi connectivity index (χ3n) is 1.47. The Kier molecular flexibility index (Phi) is 4.33. The second-order valence-corrected chi connectivity index (χ2v) is 3.55. The minimum absolute atomic E-state index is 0.650. The van der Waals surface area contributed by atoms with Crippen molar-refractivity contribution in [1.29, 1.82) is 5.26 Å². The van der Waals surface area contributed by atoms with Gasteiger partial charge in [-0.25, -0.2) is 0 Å². The van der Waals surface area contributed by atoms with Crippen LogP contribution >= 0.6 is 11.8 Å². The predicted octanol–water partition coefficient (Wildman–Crippen LogP) is 2.83. The van der Waals surface area contributed by atoms with E-state index >= 15 is 0 Å². The Morgan fingerprint density at radius 2 is 2.00 bits per heavy atom. The Hall–Kier alpha value is -0.940. The second-order valence-electron chi connectivity index (χ2n) is 2.45. The van der Waals surface area contributed by atoms with Crippen LogP contribution in [0.25, 0.3) is 0 Å². The van der Waals surface area contributed by atoms with Crippen molar-refractivity contribution in [3.8, 4) is 6.07 Å². The second kappa shape index (κ2) is 5.68.